The Balaban J connectivity index is 0.916. The summed E-state index contributed by atoms with van der Waals surface area (Å²) in [6.07, 6.45) is 0. The van der Waals surface area contributed by atoms with Crippen molar-refractivity contribution in [2.45, 2.75) is 0 Å². The maximum Gasteiger partial charge on any atom is 0.252 e. The fourth-order valence-electron chi connectivity index (χ4n) is 14.9. The van der Waals surface area contributed by atoms with Crippen LogP contribution in [0.3, 0.4) is 0 Å². The molecule has 0 atom stereocenters. The first kappa shape index (κ1) is 58.6. The number of hydrogen-bond donors (Lipinski definition) is 0. The lowest BCUT2D eigenvalue weighted by Gasteiger charge is -2.44. The van der Waals surface area contributed by atoms with Crippen LogP contribution in [0.4, 0.5) is 34.1 Å². The standard InChI is InChI=1S/C90H54BN9/c92-55-58-35-39-82(77(43-58)90-96-88(65-29-15-5-16-30-65)95-89(97-90)66-31-17-6-18-32-66)100-80-34-20-19-33-75(80)76-52-67(38-42-81(76)100)72-53-85-87-86(54-72)99(74-50-70(63-25-11-3-12-26-63)47-71(51-74)64-27-13-4-14-28-64)84-41-37-60(57-94)45-79(84)91(87)78-44-59(56-93)36-40-83(78)98(85)73-48-68(61-21-7-1-8-22-61)46-69(49-73)62-23-9-2-10-24-62/h1-54H. The van der Waals surface area contributed by atoms with Crippen molar-refractivity contribution in [3.8, 4) is 114 Å². The lowest BCUT2D eigenvalue weighted by molar-refractivity contribution is 1.06. The minimum atomic E-state index is -0.422. The predicted octanol–water partition coefficient (Wildman–Crippen LogP) is 20.0. The minimum Gasteiger partial charge on any atom is -0.311 e. The van der Waals surface area contributed by atoms with Gasteiger partial charge in [0.25, 0.3) is 6.71 Å². The normalized spacial score (nSPS) is 11.9. The highest BCUT2D eigenvalue weighted by Gasteiger charge is 2.44. The van der Waals surface area contributed by atoms with E-state index in [0.29, 0.717) is 39.7 Å². The van der Waals surface area contributed by atoms with Gasteiger partial charge in [0.1, 0.15) is 0 Å². The van der Waals surface area contributed by atoms with E-state index in [1.54, 1.807) is 0 Å². The molecule has 9 nitrogen and oxygen atoms in total. The number of nitriles is 3. The summed E-state index contributed by atoms with van der Waals surface area (Å²) in [5, 5.41) is 34.5. The highest BCUT2D eigenvalue weighted by molar-refractivity contribution is 7.00. The number of fused-ring (bicyclic) bond motifs is 7. The molecule has 0 saturated heterocycles. The van der Waals surface area contributed by atoms with E-state index in [2.05, 4.69) is 269 Å². The lowest BCUT2D eigenvalue weighted by Crippen LogP contribution is -2.61. The molecule has 2 aromatic heterocycles. The van der Waals surface area contributed by atoms with E-state index in [-0.39, 0.29) is 0 Å². The number of rotatable bonds is 11. The van der Waals surface area contributed by atoms with Crippen LogP contribution in [0.2, 0.25) is 0 Å². The van der Waals surface area contributed by atoms with Crippen LogP contribution >= 0.6 is 0 Å². The Bertz CT molecular complexity index is 5690. The van der Waals surface area contributed by atoms with Crippen LogP contribution in [0.5, 0.6) is 0 Å². The molecule has 0 saturated carbocycles. The van der Waals surface area contributed by atoms with Gasteiger partial charge in [-0.3, -0.25) is 0 Å². The zero-order valence-corrected chi connectivity index (χ0v) is 53.8. The summed E-state index contributed by atoms with van der Waals surface area (Å²) in [5.74, 6) is 1.47. The van der Waals surface area contributed by atoms with Gasteiger partial charge in [-0.1, -0.05) is 206 Å². The van der Waals surface area contributed by atoms with Crippen LogP contribution in [0, 0.1) is 34.0 Å². The van der Waals surface area contributed by atoms with Gasteiger partial charge >= 0.3 is 0 Å². The van der Waals surface area contributed by atoms with E-state index in [1.165, 1.54) is 0 Å². The zero-order chi connectivity index (χ0) is 66.8. The molecule has 0 fully saturated rings. The van der Waals surface area contributed by atoms with Crippen molar-refractivity contribution in [1.82, 2.24) is 19.5 Å². The summed E-state index contributed by atoms with van der Waals surface area (Å²) >= 11 is 0. The predicted molar refractivity (Wildman–Crippen MR) is 406 cm³/mol. The summed E-state index contributed by atoms with van der Waals surface area (Å²) < 4.78 is 2.27. The molecule has 0 unspecified atom stereocenters. The van der Waals surface area contributed by atoms with Crippen molar-refractivity contribution in [1.29, 1.82) is 15.8 Å². The van der Waals surface area contributed by atoms with E-state index in [0.717, 1.165) is 145 Å². The van der Waals surface area contributed by atoms with Crippen molar-refractivity contribution >= 4 is 79.0 Å². The molecule has 0 N–H and O–H groups in total. The first-order valence-electron chi connectivity index (χ1n) is 33.3. The molecule has 462 valence electrons. The Morgan fingerprint density at radius 3 is 1.07 bits per heavy atom. The highest BCUT2D eigenvalue weighted by Crippen LogP contribution is 2.50. The van der Waals surface area contributed by atoms with Crippen LogP contribution in [-0.2, 0) is 0 Å². The molecule has 4 heterocycles. The van der Waals surface area contributed by atoms with Crippen molar-refractivity contribution in [2.75, 3.05) is 9.80 Å². The maximum atomic E-state index is 10.9. The molecular formula is C90H54BN9. The molecule has 10 heteroatoms. The quantitative estimate of drug-likeness (QED) is 0.117. The second-order valence-corrected chi connectivity index (χ2v) is 25.3. The van der Waals surface area contributed by atoms with E-state index >= 15 is 0 Å². The molecule has 18 rings (SSSR count). The Morgan fingerprint density at radius 1 is 0.260 bits per heavy atom. The van der Waals surface area contributed by atoms with E-state index in [4.69, 9.17) is 15.0 Å². The molecule has 14 aromatic carbocycles. The van der Waals surface area contributed by atoms with Crippen molar-refractivity contribution < 1.29 is 0 Å². The van der Waals surface area contributed by atoms with Gasteiger partial charge in [-0.25, -0.2) is 15.0 Å². The number of nitrogens with zero attached hydrogens (tertiary/aromatic N) is 9. The first-order chi connectivity index (χ1) is 49.4. The number of para-hydroxylation sites is 1. The van der Waals surface area contributed by atoms with Crippen molar-refractivity contribution in [3.63, 3.8) is 0 Å². The molecule has 0 amide bonds. The summed E-state index contributed by atoms with van der Waals surface area (Å²) in [4.78, 5) is 20.3. The summed E-state index contributed by atoms with van der Waals surface area (Å²) in [6, 6.07) is 121. The molecular weight excluding hydrogens is 1220 g/mol. The highest BCUT2D eigenvalue weighted by atomic mass is 15.2. The maximum absolute atomic E-state index is 10.9. The fourth-order valence-corrected chi connectivity index (χ4v) is 14.9. The molecule has 100 heavy (non-hydrogen) atoms. The topological polar surface area (TPSA) is 121 Å². The number of benzene rings is 14. The van der Waals surface area contributed by atoms with Gasteiger partial charge in [0.05, 0.1) is 51.6 Å². The molecule has 0 radical (unpaired) electrons. The molecule has 0 aliphatic carbocycles. The van der Waals surface area contributed by atoms with E-state index < -0.39 is 6.71 Å². The summed E-state index contributed by atoms with van der Waals surface area (Å²) in [7, 11) is 0. The van der Waals surface area contributed by atoms with Gasteiger partial charge in [0.2, 0.25) is 0 Å². The Morgan fingerprint density at radius 2 is 0.630 bits per heavy atom. The van der Waals surface area contributed by atoms with Crippen LogP contribution in [0.25, 0.3) is 117 Å². The third-order valence-electron chi connectivity index (χ3n) is 19.4. The molecule has 2 aliphatic heterocycles. The Hall–Kier alpha value is -14.0. The van der Waals surface area contributed by atoms with Crippen LogP contribution < -0.4 is 26.2 Å². The van der Waals surface area contributed by atoms with Gasteiger partial charge in [0.15, 0.2) is 17.5 Å². The Kier molecular flexibility index (Phi) is 14.3. The van der Waals surface area contributed by atoms with Crippen LogP contribution in [0.15, 0.2) is 328 Å². The third kappa shape index (κ3) is 10.1. The van der Waals surface area contributed by atoms with E-state index in [9.17, 15) is 15.8 Å². The smallest absolute Gasteiger partial charge is 0.252 e. The second-order valence-electron chi connectivity index (χ2n) is 25.3. The number of anilines is 6. The van der Waals surface area contributed by atoms with E-state index in [1.807, 2.05) is 91.0 Å². The van der Waals surface area contributed by atoms with Gasteiger partial charge < -0.3 is 14.4 Å². The lowest BCUT2D eigenvalue weighted by atomic mass is 9.33. The molecule has 0 spiro atoms. The van der Waals surface area contributed by atoms with Crippen LogP contribution in [0.1, 0.15) is 16.7 Å². The Labute approximate surface area is 578 Å². The zero-order valence-electron chi connectivity index (χ0n) is 53.8. The van der Waals surface area contributed by atoms with Gasteiger partial charge in [-0.05, 0) is 193 Å². The third-order valence-corrected chi connectivity index (χ3v) is 19.4. The molecule has 2 aliphatic rings. The minimum absolute atomic E-state index is 0.422. The SMILES string of the molecule is N#Cc1ccc2c(c1)B1c3cc(C#N)ccc3N(c3cc(-c4ccccc4)cc(-c4ccccc4)c3)c3cc(-c4ccc5c(c4)c4ccccc4n5-c4ccc(C#N)cc4-c4nc(-c5ccccc5)nc(-c5ccccc5)n4)cc(c31)N2c1cc(-c2ccccc2)cc(-c2ccccc2)c1. The molecule has 16 aromatic rings. The monoisotopic (exact) mass is 1270 g/mol. The van der Waals surface area contributed by atoms with Crippen molar-refractivity contribution in [2.24, 2.45) is 0 Å². The fraction of sp³-hybridized carbons (Fsp3) is 0. The second kappa shape index (κ2) is 24.3. The van der Waals surface area contributed by atoms with Gasteiger partial charge in [-0.15, -0.1) is 0 Å². The van der Waals surface area contributed by atoms with Crippen LogP contribution in [-0.4, -0.2) is 26.2 Å². The first-order valence-corrected chi connectivity index (χ1v) is 33.3. The summed E-state index contributed by atoms with van der Waals surface area (Å²) in [6.45, 7) is -0.422. The number of hydrogen-bond acceptors (Lipinski definition) is 8. The van der Waals surface area contributed by atoms with Gasteiger partial charge in [-0.2, -0.15) is 15.8 Å². The average Bonchev–Trinajstić information content (AvgIpc) is 0.770. The van der Waals surface area contributed by atoms with Crippen molar-refractivity contribution in [3.05, 3.63) is 344 Å². The number of aromatic nitrogens is 4. The average molecular weight is 1270 g/mol. The summed E-state index contributed by atoms with van der Waals surface area (Å²) in [5.41, 5.74) is 25.6. The largest absolute Gasteiger partial charge is 0.311 e. The van der Waals surface area contributed by atoms with Gasteiger partial charge in [0, 0.05) is 61.6 Å². The molecule has 0 bridgehead atoms.